The van der Waals surface area contributed by atoms with Crippen LogP contribution in [0, 0.1) is 6.92 Å². The van der Waals surface area contributed by atoms with Crippen molar-refractivity contribution in [2.75, 3.05) is 18.4 Å². The normalized spacial score (nSPS) is 10.7. The predicted molar refractivity (Wildman–Crippen MR) is 108 cm³/mol. The number of carbonyl (C=O) groups is 1. The number of aryl methyl sites for hydroxylation is 1. The van der Waals surface area contributed by atoms with E-state index in [-0.39, 0.29) is 5.91 Å². The van der Waals surface area contributed by atoms with Crippen LogP contribution in [0.1, 0.15) is 16.2 Å². The second kappa shape index (κ2) is 8.34. The molecule has 3 heterocycles. The number of nitrogens with zero attached hydrogens (tertiary/aromatic N) is 6. The maximum atomic E-state index is 12.4. The van der Waals surface area contributed by atoms with Gasteiger partial charge in [-0.3, -0.25) is 9.36 Å². The molecule has 0 saturated carbocycles. The van der Waals surface area contributed by atoms with Crippen LogP contribution in [0.4, 0.5) is 5.82 Å². The van der Waals surface area contributed by atoms with Gasteiger partial charge in [0.05, 0.1) is 5.69 Å². The van der Waals surface area contributed by atoms with Crippen molar-refractivity contribution in [3.63, 3.8) is 0 Å². The minimum absolute atomic E-state index is 0.141. The summed E-state index contributed by atoms with van der Waals surface area (Å²) >= 11 is 0. The SMILES string of the molecule is Cc1nccn1-c1cc(NCCNC(=O)c2cccc(-n3cccn3)c2)ncn1. The van der Waals surface area contributed by atoms with E-state index < -0.39 is 0 Å². The second-order valence-corrected chi connectivity index (χ2v) is 6.29. The van der Waals surface area contributed by atoms with E-state index in [0.717, 1.165) is 17.3 Å². The van der Waals surface area contributed by atoms with Gasteiger partial charge in [0, 0.05) is 49.5 Å². The lowest BCUT2D eigenvalue weighted by Crippen LogP contribution is -2.29. The number of hydrogen-bond acceptors (Lipinski definition) is 6. The van der Waals surface area contributed by atoms with E-state index in [2.05, 4.69) is 30.7 Å². The van der Waals surface area contributed by atoms with Crippen molar-refractivity contribution in [3.8, 4) is 11.5 Å². The van der Waals surface area contributed by atoms with Crippen LogP contribution in [-0.2, 0) is 0 Å². The topological polar surface area (TPSA) is 103 Å². The fourth-order valence-electron chi connectivity index (χ4n) is 2.88. The van der Waals surface area contributed by atoms with Gasteiger partial charge in [0.25, 0.3) is 5.91 Å². The number of nitrogens with one attached hydrogen (secondary N) is 2. The average molecular weight is 388 g/mol. The van der Waals surface area contributed by atoms with Gasteiger partial charge in [-0.2, -0.15) is 5.10 Å². The van der Waals surface area contributed by atoms with E-state index in [0.29, 0.717) is 24.5 Å². The first-order valence-electron chi connectivity index (χ1n) is 9.15. The molecule has 0 fully saturated rings. The average Bonchev–Trinajstić information content (AvgIpc) is 3.43. The zero-order valence-corrected chi connectivity index (χ0v) is 15.9. The van der Waals surface area contributed by atoms with Crippen molar-refractivity contribution in [2.45, 2.75) is 6.92 Å². The number of imidazole rings is 1. The highest BCUT2D eigenvalue weighted by Gasteiger charge is 2.07. The Bertz CT molecular complexity index is 1100. The molecule has 0 atom stereocenters. The summed E-state index contributed by atoms with van der Waals surface area (Å²) in [5, 5.41) is 10.3. The Morgan fingerprint density at radius 3 is 2.76 bits per heavy atom. The van der Waals surface area contributed by atoms with Crippen LogP contribution < -0.4 is 10.6 Å². The molecule has 4 aromatic rings. The van der Waals surface area contributed by atoms with Crippen molar-refractivity contribution in [2.24, 2.45) is 0 Å². The van der Waals surface area contributed by atoms with Crippen LogP contribution in [0.3, 0.4) is 0 Å². The molecule has 0 aliphatic rings. The Hall–Kier alpha value is -4.01. The molecule has 0 bridgehead atoms. The first-order valence-corrected chi connectivity index (χ1v) is 9.15. The maximum Gasteiger partial charge on any atom is 0.251 e. The van der Waals surface area contributed by atoms with Crippen LogP contribution in [0.5, 0.6) is 0 Å². The number of carbonyl (C=O) groups excluding carboxylic acids is 1. The predicted octanol–water partition coefficient (Wildman–Crippen LogP) is 2.00. The lowest BCUT2D eigenvalue weighted by atomic mass is 10.2. The molecular weight excluding hydrogens is 368 g/mol. The zero-order valence-electron chi connectivity index (χ0n) is 15.9. The van der Waals surface area contributed by atoms with Gasteiger partial charge in [-0.25, -0.2) is 19.6 Å². The molecule has 1 amide bonds. The summed E-state index contributed by atoms with van der Waals surface area (Å²) < 4.78 is 3.59. The van der Waals surface area contributed by atoms with Crippen molar-refractivity contribution in [3.05, 3.63) is 78.9 Å². The van der Waals surface area contributed by atoms with E-state index in [9.17, 15) is 4.79 Å². The van der Waals surface area contributed by atoms with Gasteiger partial charge in [-0.1, -0.05) is 6.07 Å². The van der Waals surface area contributed by atoms with Crippen molar-refractivity contribution in [1.82, 2.24) is 34.6 Å². The van der Waals surface area contributed by atoms with Gasteiger partial charge in [0.15, 0.2) is 0 Å². The molecule has 0 unspecified atom stereocenters. The van der Waals surface area contributed by atoms with E-state index >= 15 is 0 Å². The monoisotopic (exact) mass is 388 g/mol. The molecule has 29 heavy (non-hydrogen) atoms. The fraction of sp³-hybridized carbons (Fsp3) is 0.150. The number of amides is 1. The summed E-state index contributed by atoms with van der Waals surface area (Å²) in [5.74, 6) is 2.12. The Labute approximate surface area is 167 Å². The Morgan fingerprint density at radius 2 is 1.97 bits per heavy atom. The molecule has 0 aliphatic heterocycles. The minimum Gasteiger partial charge on any atom is -0.368 e. The lowest BCUT2D eigenvalue weighted by Gasteiger charge is -2.10. The van der Waals surface area contributed by atoms with Gasteiger partial charge in [0.2, 0.25) is 0 Å². The van der Waals surface area contributed by atoms with Gasteiger partial charge in [-0.15, -0.1) is 0 Å². The molecule has 2 N–H and O–H groups in total. The van der Waals surface area contributed by atoms with Gasteiger partial charge >= 0.3 is 0 Å². The number of aromatic nitrogens is 6. The van der Waals surface area contributed by atoms with Crippen molar-refractivity contribution >= 4 is 11.7 Å². The molecule has 0 spiro atoms. The molecule has 0 aliphatic carbocycles. The molecule has 4 rings (SSSR count). The van der Waals surface area contributed by atoms with Gasteiger partial charge < -0.3 is 10.6 Å². The largest absolute Gasteiger partial charge is 0.368 e. The van der Waals surface area contributed by atoms with Crippen LogP contribution in [0.2, 0.25) is 0 Å². The van der Waals surface area contributed by atoms with Gasteiger partial charge in [0.1, 0.15) is 23.8 Å². The standard InChI is InChI=1S/C20H20N8O/c1-15-21-9-11-27(15)19-13-18(24-14-25-19)22-7-8-23-20(29)16-4-2-5-17(12-16)28-10-3-6-26-28/h2-6,9-14H,7-8H2,1H3,(H,23,29)(H,22,24,25). The summed E-state index contributed by atoms with van der Waals surface area (Å²) in [6.07, 6.45) is 8.60. The number of anilines is 1. The number of hydrogen-bond donors (Lipinski definition) is 2. The quantitative estimate of drug-likeness (QED) is 0.470. The lowest BCUT2D eigenvalue weighted by molar-refractivity contribution is 0.0955. The first kappa shape index (κ1) is 18.4. The zero-order chi connectivity index (χ0) is 20.1. The van der Waals surface area contributed by atoms with Crippen molar-refractivity contribution < 1.29 is 4.79 Å². The van der Waals surface area contributed by atoms with Crippen LogP contribution >= 0.6 is 0 Å². The molecule has 1 aromatic carbocycles. The summed E-state index contributed by atoms with van der Waals surface area (Å²) in [6, 6.07) is 11.0. The van der Waals surface area contributed by atoms with E-state index in [1.165, 1.54) is 6.33 Å². The molecular formula is C20H20N8O. The molecule has 0 radical (unpaired) electrons. The highest BCUT2D eigenvalue weighted by atomic mass is 16.1. The first-order chi connectivity index (χ1) is 14.2. The third kappa shape index (κ3) is 4.29. The van der Waals surface area contributed by atoms with E-state index in [1.807, 2.05) is 48.1 Å². The summed E-state index contributed by atoms with van der Waals surface area (Å²) in [7, 11) is 0. The van der Waals surface area contributed by atoms with E-state index in [1.54, 1.807) is 29.2 Å². The fourth-order valence-corrected chi connectivity index (χ4v) is 2.88. The maximum absolute atomic E-state index is 12.4. The summed E-state index contributed by atoms with van der Waals surface area (Å²) in [6.45, 7) is 2.89. The minimum atomic E-state index is -0.141. The van der Waals surface area contributed by atoms with Crippen molar-refractivity contribution in [1.29, 1.82) is 0 Å². The third-order valence-corrected chi connectivity index (χ3v) is 4.32. The smallest absolute Gasteiger partial charge is 0.251 e. The Balaban J connectivity index is 1.31. The molecule has 3 aromatic heterocycles. The highest BCUT2D eigenvalue weighted by Crippen LogP contribution is 2.11. The molecule has 146 valence electrons. The Kier molecular flexibility index (Phi) is 5.28. The summed E-state index contributed by atoms with van der Waals surface area (Å²) in [5.41, 5.74) is 1.42. The third-order valence-electron chi connectivity index (χ3n) is 4.32. The highest BCUT2D eigenvalue weighted by molar-refractivity contribution is 5.94. The van der Waals surface area contributed by atoms with Crippen LogP contribution in [0.25, 0.3) is 11.5 Å². The van der Waals surface area contributed by atoms with Crippen LogP contribution in [0.15, 0.2) is 67.5 Å². The molecule has 0 saturated heterocycles. The van der Waals surface area contributed by atoms with E-state index in [4.69, 9.17) is 0 Å². The van der Waals surface area contributed by atoms with Gasteiger partial charge in [-0.05, 0) is 31.2 Å². The van der Waals surface area contributed by atoms with Crippen LogP contribution in [-0.4, -0.2) is 48.3 Å². The summed E-state index contributed by atoms with van der Waals surface area (Å²) in [4.78, 5) is 25.1. The molecule has 9 nitrogen and oxygen atoms in total. The number of rotatable bonds is 7. The second-order valence-electron chi connectivity index (χ2n) is 6.29. The Morgan fingerprint density at radius 1 is 1.03 bits per heavy atom. The molecule has 9 heteroatoms. The number of benzene rings is 1.